The molecule has 0 heterocycles. The molecule has 0 aliphatic rings. The quantitative estimate of drug-likeness (QED) is 0.669. The lowest BCUT2D eigenvalue weighted by Crippen LogP contribution is -2.54. The standard InChI is InChI=1S/C13H15F4NO2/c1-12(11(19)20-2,18-8-13(15,16)17)7-9-3-5-10(14)6-4-9/h3-6,18H,7-8H2,1-2H3. The van der Waals surface area contributed by atoms with Crippen molar-refractivity contribution in [2.75, 3.05) is 13.7 Å². The van der Waals surface area contributed by atoms with Gasteiger partial charge in [0, 0.05) is 6.42 Å². The topological polar surface area (TPSA) is 38.3 Å². The molecule has 1 unspecified atom stereocenters. The Kier molecular flexibility index (Phi) is 5.10. The van der Waals surface area contributed by atoms with Crippen molar-refractivity contribution in [3.05, 3.63) is 35.6 Å². The van der Waals surface area contributed by atoms with Gasteiger partial charge in [-0.05, 0) is 24.6 Å². The van der Waals surface area contributed by atoms with Crippen molar-refractivity contribution >= 4 is 5.97 Å². The van der Waals surface area contributed by atoms with E-state index in [2.05, 4.69) is 10.1 Å². The van der Waals surface area contributed by atoms with E-state index in [1.807, 2.05) is 0 Å². The predicted octanol–water partition coefficient (Wildman–Crippen LogP) is 2.45. The van der Waals surface area contributed by atoms with E-state index in [4.69, 9.17) is 0 Å². The highest BCUT2D eigenvalue weighted by atomic mass is 19.4. The van der Waals surface area contributed by atoms with Crippen LogP contribution in [0.15, 0.2) is 24.3 Å². The van der Waals surface area contributed by atoms with E-state index in [1.165, 1.54) is 31.2 Å². The molecule has 7 heteroatoms. The van der Waals surface area contributed by atoms with Crippen molar-refractivity contribution in [2.24, 2.45) is 0 Å². The van der Waals surface area contributed by atoms with E-state index in [0.29, 0.717) is 5.56 Å². The molecule has 1 aromatic rings. The largest absolute Gasteiger partial charge is 0.468 e. The van der Waals surface area contributed by atoms with Gasteiger partial charge in [0.05, 0.1) is 13.7 Å². The van der Waals surface area contributed by atoms with Crippen LogP contribution in [-0.2, 0) is 16.0 Å². The van der Waals surface area contributed by atoms with E-state index in [0.717, 1.165) is 7.11 Å². The molecule has 0 saturated heterocycles. The second-order valence-electron chi connectivity index (χ2n) is 4.60. The Balaban J connectivity index is 2.88. The Morgan fingerprint density at radius 2 is 1.80 bits per heavy atom. The summed E-state index contributed by atoms with van der Waals surface area (Å²) in [5.74, 6) is -1.28. The van der Waals surface area contributed by atoms with Crippen LogP contribution < -0.4 is 5.32 Å². The normalized spacial score (nSPS) is 14.7. The number of hydrogen-bond acceptors (Lipinski definition) is 3. The zero-order valence-corrected chi connectivity index (χ0v) is 11.1. The van der Waals surface area contributed by atoms with E-state index < -0.39 is 30.0 Å². The molecule has 0 radical (unpaired) electrons. The van der Waals surface area contributed by atoms with E-state index >= 15 is 0 Å². The lowest BCUT2D eigenvalue weighted by Gasteiger charge is -2.28. The number of esters is 1. The molecule has 1 N–H and O–H groups in total. The fourth-order valence-corrected chi connectivity index (χ4v) is 1.74. The molecule has 0 spiro atoms. The van der Waals surface area contributed by atoms with Crippen LogP contribution in [-0.4, -0.2) is 31.3 Å². The number of ether oxygens (including phenoxy) is 1. The van der Waals surface area contributed by atoms with E-state index in [9.17, 15) is 22.4 Å². The lowest BCUT2D eigenvalue weighted by atomic mass is 9.92. The number of nitrogens with one attached hydrogen (secondary N) is 1. The maximum absolute atomic E-state index is 12.8. The van der Waals surface area contributed by atoms with Crippen molar-refractivity contribution in [1.29, 1.82) is 0 Å². The summed E-state index contributed by atoms with van der Waals surface area (Å²) in [7, 11) is 1.10. The van der Waals surface area contributed by atoms with Gasteiger partial charge in [0.15, 0.2) is 0 Å². The molecule has 0 aliphatic heterocycles. The van der Waals surface area contributed by atoms with Gasteiger partial charge in [0.25, 0.3) is 0 Å². The maximum atomic E-state index is 12.8. The van der Waals surface area contributed by atoms with Crippen LogP contribution in [0.25, 0.3) is 0 Å². The van der Waals surface area contributed by atoms with Crippen LogP contribution >= 0.6 is 0 Å². The Bertz CT molecular complexity index is 458. The highest BCUT2D eigenvalue weighted by Gasteiger charge is 2.38. The van der Waals surface area contributed by atoms with Crippen LogP contribution in [0.5, 0.6) is 0 Å². The average molecular weight is 293 g/mol. The van der Waals surface area contributed by atoms with Gasteiger partial charge >= 0.3 is 12.1 Å². The first-order valence-electron chi connectivity index (χ1n) is 5.81. The van der Waals surface area contributed by atoms with Crippen molar-refractivity contribution in [2.45, 2.75) is 25.1 Å². The fourth-order valence-electron chi connectivity index (χ4n) is 1.74. The summed E-state index contributed by atoms with van der Waals surface area (Å²) >= 11 is 0. The summed E-state index contributed by atoms with van der Waals surface area (Å²) in [6.07, 6.45) is -4.49. The molecular weight excluding hydrogens is 278 g/mol. The lowest BCUT2D eigenvalue weighted by molar-refractivity contribution is -0.152. The van der Waals surface area contributed by atoms with Crippen molar-refractivity contribution in [1.82, 2.24) is 5.32 Å². The minimum Gasteiger partial charge on any atom is -0.468 e. The Labute approximate surface area is 113 Å². The van der Waals surface area contributed by atoms with Gasteiger partial charge in [-0.3, -0.25) is 10.1 Å². The molecule has 3 nitrogen and oxygen atoms in total. The number of halogens is 4. The monoisotopic (exact) mass is 293 g/mol. The molecule has 0 saturated carbocycles. The van der Waals surface area contributed by atoms with Crippen LogP contribution in [0, 0.1) is 5.82 Å². The third-order valence-electron chi connectivity index (χ3n) is 2.79. The zero-order chi connectivity index (χ0) is 15.4. The first kappa shape index (κ1) is 16.4. The smallest absolute Gasteiger partial charge is 0.401 e. The molecule has 1 rings (SSSR count). The van der Waals surface area contributed by atoms with Crippen molar-refractivity contribution in [3.63, 3.8) is 0 Å². The third-order valence-corrected chi connectivity index (χ3v) is 2.79. The molecule has 0 bridgehead atoms. The SMILES string of the molecule is COC(=O)C(C)(Cc1ccc(F)cc1)NCC(F)(F)F. The minimum atomic E-state index is -4.45. The zero-order valence-electron chi connectivity index (χ0n) is 11.1. The number of hydrogen-bond donors (Lipinski definition) is 1. The summed E-state index contributed by atoms with van der Waals surface area (Å²) in [6.45, 7) is -0.00623. The fraction of sp³-hybridized carbons (Fsp3) is 0.462. The number of rotatable bonds is 5. The maximum Gasteiger partial charge on any atom is 0.401 e. The van der Waals surface area contributed by atoms with Gasteiger partial charge in [0.2, 0.25) is 0 Å². The van der Waals surface area contributed by atoms with Crippen LogP contribution in [0.3, 0.4) is 0 Å². The summed E-state index contributed by atoms with van der Waals surface area (Å²) in [4.78, 5) is 11.7. The number of carbonyl (C=O) groups is 1. The van der Waals surface area contributed by atoms with Crippen molar-refractivity contribution < 1.29 is 27.1 Å². The van der Waals surface area contributed by atoms with Gasteiger partial charge in [-0.1, -0.05) is 12.1 Å². The summed E-state index contributed by atoms with van der Waals surface area (Å²) in [5.41, 5.74) is -1.02. The van der Waals surface area contributed by atoms with E-state index in [1.54, 1.807) is 0 Å². The molecule has 1 atom stereocenters. The Morgan fingerprint density at radius 3 is 2.25 bits per heavy atom. The Morgan fingerprint density at radius 1 is 1.25 bits per heavy atom. The number of benzene rings is 1. The number of alkyl halides is 3. The average Bonchev–Trinajstić information content (AvgIpc) is 2.37. The molecule has 112 valence electrons. The Hall–Kier alpha value is -1.63. The summed E-state index contributed by atoms with van der Waals surface area (Å²) in [5, 5.41) is 2.16. The molecule has 0 aliphatic carbocycles. The summed E-state index contributed by atoms with van der Waals surface area (Å²) in [6, 6.07) is 5.17. The van der Waals surface area contributed by atoms with E-state index in [-0.39, 0.29) is 6.42 Å². The van der Waals surface area contributed by atoms with Crippen LogP contribution in [0.2, 0.25) is 0 Å². The second kappa shape index (κ2) is 6.21. The highest BCUT2D eigenvalue weighted by molar-refractivity contribution is 5.80. The van der Waals surface area contributed by atoms with Crippen LogP contribution in [0.4, 0.5) is 17.6 Å². The van der Waals surface area contributed by atoms with Gasteiger partial charge < -0.3 is 4.74 Å². The second-order valence-corrected chi connectivity index (χ2v) is 4.60. The molecule has 0 aromatic heterocycles. The number of carbonyl (C=O) groups excluding carboxylic acids is 1. The first-order chi connectivity index (χ1) is 9.16. The minimum absolute atomic E-state index is 0.0456. The third kappa shape index (κ3) is 4.80. The van der Waals surface area contributed by atoms with Crippen molar-refractivity contribution in [3.8, 4) is 0 Å². The van der Waals surface area contributed by atoms with Gasteiger partial charge in [0.1, 0.15) is 11.4 Å². The molecule has 20 heavy (non-hydrogen) atoms. The highest BCUT2D eigenvalue weighted by Crippen LogP contribution is 2.19. The van der Waals surface area contributed by atoms with Gasteiger partial charge in [-0.15, -0.1) is 0 Å². The first-order valence-corrected chi connectivity index (χ1v) is 5.81. The molecule has 0 amide bonds. The number of methoxy groups -OCH3 is 1. The van der Waals surface area contributed by atoms with Gasteiger partial charge in [-0.25, -0.2) is 4.39 Å². The predicted molar refractivity (Wildman–Crippen MR) is 64.6 cm³/mol. The summed E-state index contributed by atoms with van der Waals surface area (Å²) < 4.78 is 54.2. The van der Waals surface area contributed by atoms with Gasteiger partial charge in [-0.2, -0.15) is 13.2 Å². The molecule has 1 aromatic carbocycles. The molecule has 0 fully saturated rings. The molecular formula is C13H15F4NO2. The van der Waals surface area contributed by atoms with Crippen LogP contribution in [0.1, 0.15) is 12.5 Å².